The first-order chi connectivity index (χ1) is 17.5. The van der Waals surface area contributed by atoms with Gasteiger partial charge in [0, 0.05) is 29.6 Å². The summed E-state index contributed by atoms with van der Waals surface area (Å²) in [6, 6.07) is 0. The molecule has 5 aliphatic rings. The van der Waals surface area contributed by atoms with Crippen molar-refractivity contribution in [1.29, 1.82) is 0 Å². The van der Waals surface area contributed by atoms with Crippen LogP contribution in [0.15, 0.2) is 11.6 Å². The van der Waals surface area contributed by atoms with Gasteiger partial charge in [-0.25, -0.2) is 0 Å². The Labute approximate surface area is 228 Å². The van der Waals surface area contributed by atoms with E-state index in [0.717, 1.165) is 19.3 Å². The lowest BCUT2D eigenvalue weighted by Crippen LogP contribution is -2.67. The molecule has 0 saturated heterocycles. The van der Waals surface area contributed by atoms with E-state index in [2.05, 4.69) is 40.7 Å². The monoisotopic (exact) mass is 530 g/mol. The Kier molecular flexibility index (Phi) is 6.43. The van der Waals surface area contributed by atoms with Crippen molar-refractivity contribution in [2.24, 2.45) is 56.7 Å². The van der Waals surface area contributed by atoms with E-state index in [0.29, 0.717) is 31.8 Å². The SMILES string of the molecule is CC(=O)OC[C@@]12CC[C@@]3(C)[C@H]4C(=CC[C@]3(C)[C@H]1[C@H](O)C[C@H]2C(C)C)[C@@]1(C)C[C@@H](O)C(=O)C(C)(C)[C@H]1C[C@@H]4O. The van der Waals surface area contributed by atoms with Crippen LogP contribution in [-0.2, 0) is 14.3 Å². The van der Waals surface area contributed by atoms with Crippen molar-refractivity contribution in [1.82, 2.24) is 0 Å². The fourth-order valence-electron chi connectivity index (χ4n) is 11.4. The second kappa shape index (κ2) is 8.63. The number of rotatable bonds is 3. The van der Waals surface area contributed by atoms with Gasteiger partial charge in [0.1, 0.15) is 6.10 Å². The number of esters is 1. The maximum Gasteiger partial charge on any atom is 0.302 e. The summed E-state index contributed by atoms with van der Waals surface area (Å²) in [4.78, 5) is 25.0. The first kappa shape index (κ1) is 28.3. The van der Waals surface area contributed by atoms with Crippen molar-refractivity contribution in [3.63, 3.8) is 0 Å². The largest absolute Gasteiger partial charge is 0.465 e. The summed E-state index contributed by atoms with van der Waals surface area (Å²) in [6.07, 6.45) is 4.39. The molecule has 0 spiro atoms. The van der Waals surface area contributed by atoms with Crippen LogP contribution in [-0.4, -0.2) is 52.0 Å². The molecular formula is C32H50O6. The minimum atomic E-state index is -0.990. The van der Waals surface area contributed by atoms with Crippen molar-refractivity contribution in [2.75, 3.05) is 6.61 Å². The van der Waals surface area contributed by atoms with Crippen LogP contribution in [0.25, 0.3) is 0 Å². The lowest BCUT2D eigenvalue weighted by molar-refractivity contribution is -0.213. The Balaban J connectivity index is 1.63. The molecule has 0 heterocycles. The highest BCUT2D eigenvalue weighted by Crippen LogP contribution is 2.76. The van der Waals surface area contributed by atoms with Gasteiger partial charge in [-0.15, -0.1) is 0 Å². The van der Waals surface area contributed by atoms with Crippen LogP contribution in [0.4, 0.5) is 0 Å². The van der Waals surface area contributed by atoms with Crippen LogP contribution in [0, 0.1) is 56.7 Å². The molecule has 6 heteroatoms. The molecule has 11 atom stereocenters. The molecule has 3 N–H and O–H groups in total. The number of hydrogen-bond acceptors (Lipinski definition) is 6. The van der Waals surface area contributed by atoms with E-state index in [1.807, 2.05) is 13.8 Å². The summed E-state index contributed by atoms with van der Waals surface area (Å²) in [5.41, 5.74) is -0.740. The van der Waals surface area contributed by atoms with Gasteiger partial charge in [0.25, 0.3) is 0 Å². The van der Waals surface area contributed by atoms with Gasteiger partial charge in [0.15, 0.2) is 5.78 Å². The average molecular weight is 531 g/mol. The smallest absolute Gasteiger partial charge is 0.302 e. The molecule has 5 rings (SSSR count). The van der Waals surface area contributed by atoms with Gasteiger partial charge in [0.05, 0.1) is 18.8 Å². The number of allylic oxidation sites excluding steroid dienone is 1. The number of carbonyl (C=O) groups is 2. The average Bonchev–Trinajstić information content (AvgIpc) is 3.12. The standard InChI is InChI=1S/C32H50O6/c1-17(2)20-13-22(35)26-31(8)10-9-19-25(30(31,7)11-12-32(20,26)16-38-18(3)33)21(34)14-24-28(4,5)27(37)23(36)15-29(19,24)6/h9,17,20-26,34-36H,10-16H2,1-8H3/t20-,21-,22+,23+,24+,25-,26+,29+,30-,31+,32+/m0/s1. The zero-order valence-electron chi connectivity index (χ0n) is 24.7. The van der Waals surface area contributed by atoms with Gasteiger partial charge in [-0.05, 0) is 72.5 Å². The zero-order chi connectivity index (χ0) is 28.2. The summed E-state index contributed by atoms with van der Waals surface area (Å²) in [7, 11) is 0. The molecule has 0 bridgehead atoms. The quantitative estimate of drug-likeness (QED) is 0.361. The number of aliphatic hydroxyl groups is 3. The van der Waals surface area contributed by atoms with Gasteiger partial charge >= 0.3 is 5.97 Å². The highest BCUT2D eigenvalue weighted by molar-refractivity contribution is 5.89. The normalized spacial score (nSPS) is 51.4. The number of ether oxygens (including phenoxy) is 1. The van der Waals surface area contributed by atoms with Crippen molar-refractivity contribution in [2.45, 2.75) is 112 Å². The fourth-order valence-corrected chi connectivity index (χ4v) is 11.4. The van der Waals surface area contributed by atoms with Gasteiger partial charge in [-0.3, -0.25) is 9.59 Å². The predicted molar refractivity (Wildman–Crippen MR) is 145 cm³/mol. The summed E-state index contributed by atoms with van der Waals surface area (Å²) >= 11 is 0. The molecule has 0 aromatic carbocycles. The number of Topliss-reactive ketones (excluding diaryl/α,β-unsaturated/α-hetero) is 1. The Morgan fingerprint density at radius 3 is 2.29 bits per heavy atom. The van der Waals surface area contributed by atoms with E-state index in [9.17, 15) is 24.9 Å². The number of aliphatic hydroxyl groups excluding tert-OH is 3. The van der Waals surface area contributed by atoms with Gasteiger partial charge in [0.2, 0.25) is 0 Å². The first-order valence-electron chi connectivity index (χ1n) is 14.9. The topological polar surface area (TPSA) is 104 Å². The van der Waals surface area contributed by atoms with E-state index in [-0.39, 0.29) is 57.1 Å². The van der Waals surface area contributed by atoms with Crippen LogP contribution in [0.2, 0.25) is 0 Å². The molecule has 38 heavy (non-hydrogen) atoms. The highest BCUT2D eigenvalue weighted by Gasteiger charge is 2.73. The van der Waals surface area contributed by atoms with Crippen molar-refractivity contribution in [3.8, 4) is 0 Å². The first-order valence-corrected chi connectivity index (χ1v) is 14.9. The molecular weight excluding hydrogens is 480 g/mol. The highest BCUT2D eigenvalue weighted by atomic mass is 16.5. The van der Waals surface area contributed by atoms with Crippen LogP contribution >= 0.6 is 0 Å². The predicted octanol–water partition coefficient (Wildman–Crippen LogP) is 4.69. The third-order valence-electron chi connectivity index (χ3n) is 13.2. The van der Waals surface area contributed by atoms with E-state index in [1.165, 1.54) is 12.5 Å². The Morgan fingerprint density at radius 2 is 1.68 bits per heavy atom. The molecule has 0 unspecified atom stereocenters. The molecule has 0 aliphatic heterocycles. The molecule has 4 saturated carbocycles. The second-order valence-corrected chi connectivity index (χ2v) is 15.4. The Hall–Kier alpha value is -1.24. The molecule has 4 fully saturated rings. The number of fused-ring (bicyclic) bond motifs is 7. The van der Waals surface area contributed by atoms with Gasteiger partial charge in [-0.2, -0.15) is 0 Å². The third-order valence-corrected chi connectivity index (χ3v) is 13.2. The van der Waals surface area contributed by atoms with E-state index in [4.69, 9.17) is 4.74 Å². The lowest BCUT2D eigenvalue weighted by atomic mass is 9.35. The van der Waals surface area contributed by atoms with Crippen LogP contribution in [0.1, 0.15) is 93.9 Å². The second-order valence-electron chi connectivity index (χ2n) is 15.4. The summed E-state index contributed by atoms with van der Waals surface area (Å²) in [5, 5.41) is 34.5. The molecule has 0 aromatic rings. The summed E-state index contributed by atoms with van der Waals surface area (Å²) in [5.74, 6) is 0.0383. The fraction of sp³-hybridized carbons (Fsp3) is 0.875. The molecule has 0 aromatic heterocycles. The van der Waals surface area contributed by atoms with E-state index < -0.39 is 23.7 Å². The molecule has 0 amide bonds. The molecule has 5 aliphatic carbocycles. The van der Waals surface area contributed by atoms with Crippen LogP contribution in [0.5, 0.6) is 0 Å². The number of ketones is 1. The minimum Gasteiger partial charge on any atom is -0.465 e. The lowest BCUT2D eigenvalue weighted by Gasteiger charge is -2.70. The van der Waals surface area contributed by atoms with Gasteiger partial charge in [-0.1, -0.05) is 60.1 Å². The Morgan fingerprint density at radius 1 is 1.03 bits per heavy atom. The van der Waals surface area contributed by atoms with Crippen molar-refractivity contribution >= 4 is 11.8 Å². The third kappa shape index (κ3) is 3.41. The maximum absolute atomic E-state index is 13.0. The van der Waals surface area contributed by atoms with Crippen LogP contribution in [0.3, 0.4) is 0 Å². The van der Waals surface area contributed by atoms with Crippen molar-refractivity contribution in [3.05, 3.63) is 11.6 Å². The van der Waals surface area contributed by atoms with Crippen molar-refractivity contribution < 1.29 is 29.6 Å². The summed E-state index contributed by atoms with van der Waals surface area (Å²) < 4.78 is 5.76. The Bertz CT molecular complexity index is 1050. The molecule has 6 nitrogen and oxygen atoms in total. The van der Waals surface area contributed by atoms with Gasteiger partial charge < -0.3 is 20.1 Å². The maximum atomic E-state index is 13.0. The zero-order valence-corrected chi connectivity index (χ0v) is 24.7. The number of carbonyl (C=O) groups excluding carboxylic acids is 2. The van der Waals surface area contributed by atoms with Crippen LogP contribution < -0.4 is 0 Å². The van der Waals surface area contributed by atoms with E-state index in [1.54, 1.807) is 0 Å². The minimum absolute atomic E-state index is 0.0367. The van der Waals surface area contributed by atoms with E-state index >= 15 is 0 Å². The molecule has 0 radical (unpaired) electrons. The summed E-state index contributed by atoms with van der Waals surface area (Å²) in [6.45, 7) is 16.9. The number of hydrogen-bond donors (Lipinski definition) is 3. The molecule has 214 valence electrons.